The van der Waals surface area contributed by atoms with E-state index in [0.29, 0.717) is 36.5 Å². The lowest BCUT2D eigenvalue weighted by atomic mass is 9.68. The number of hydrogen-bond acceptors (Lipinski definition) is 0. The van der Waals surface area contributed by atoms with Crippen molar-refractivity contribution in [2.45, 2.75) is 153 Å². The molecular formula is C40H57F5. The van der Waals surface area contributed by atoms with Crippen LogP contribution >= 0.6 is 0 Å². The smallest absolute Gasteiger partial charge is 0.212 e. The number of unbranched alkanes of at least 4 members (excludes halogenated alkanes) is 2. The van der Waals surface area contributed by atoms with Crippen molar-refractivity contribution in [3.05, 3.63) is 59.2 Å². The monoisotopic (exact) mass is 632 g/mol. The van der Waals surface area contributed by atoms with Crippen LogP contribution in [0.1, 0.15) is 158 Å². The number of rotatable bonds is 10. The van der Waals surface area contributed by atoms with Crippen LogP contribution in [0.4, 0.5) is 22.0 Å². The highest BCUT2D eigenvalue weighted by molar-refractivity contribution is 5.30. The van der Waals surface area contributed by atoms with Crippen LogP contribution in [0.3, 0.4) is 0 Å². The molecule has 0 aromatic heterocycles. The average Bonchev–Trinajstić information content (AvgIpc) is 3.04. The lowest BCUT2D eigenvalue weighted by Crippen LogP contribution is -2.26. The van der Waals surface area contributed by atoms with Gasteiger partial charge in [0.2, 0.25) is 0 Å². The Morgan fingerprint density at radius 1 is 0.711 bits per heavy atom. The minimum Gasteiger partial charge on any atom is -0.212 e. The van der Waals surface area contributed by atoms with E-state index in [1.54, 1.807) is 0 Å². The first-order chi connectivity index (χ1) is 21.7. The van der Waals surface area contributed by atoms with Crippen LogP contribution in [0.2, 0.25) is 0 Å². The zero-order valence-electron chi connectivity index (χ0n) is 27.6. The largest absolute Gasteiger partial charge is 0.412 e. The summed E-state index contributed by atoms with van der Waals surface area (Å²) in [6, 6.07) is 6.07. The summed E-state index contributed by atoms with van der Waals surface area (Å²) in [6.07, 6.45) is 22.6. The van der Waals surface area contributed by atoms with Gasteiger partial charge in [0.15, 0.2) is 0 Å². The van der Waals surface area contributed by atoms with Gasteiger partial charge in [0.05, 0.1) is 6.08 Å². The first-order valence-corrected chi connectivity index (χ1v) is 18.6. The van der Waals surface area contributed by atoms with Crippen molar-refractivity contribution in [3.63, 3.8) is 0 Å². The molecule has 4 saturated carbocycles. The minimum atomic E-state index is -4.59. The molecular weight excluding hydrogens is 575 g/mol. The third-order valence-electron chi connectivity index (χ3n) is 12.4. The van der Waals surface area contributed by atoms with E-state index >= 15 is 4.39 Å². The summed E-state index contributed by atoms with van der Waals surface area (Å²) in [4.78, 5) is 0. The Hall–Kier alpha value is -1.65. The minimum absolute atomic E-state index is 0.0456. The molecule has 0 heterocycles. The summed E-state index contributed by atoms with van der Waals surface area (Å²) >= 11 is 0. The number of hydrogen-bond donors (Lipinski definition) is 0. The Bertz CT molecular complexity index is 1090. The van der Waals surface area contributed by atoms with Crippen LogP contribution in [-0.4, -0.2) is 6.18 Å². The molecule has 1 aromatic carbocycles. The number of alkyl halides is 3. The van der Waals surface area contributed by atoms with E-state index in [1.165, 1.54) is 64.2 Å². The highest BCUT2D eigenvalue weighted by atomic mass is 19.4. The zero-order valence-corrected chi connectivity index (χ0v) is 27.6. The van der Waals surface area contributed by atoms with Gasteiger partial charge in [-0.25, -0.2) is 8.78 Å². The predicted molar refractivity (Wildman–Crippen MR) is 175 cm³/mol. The predicted octanol–water partition coefficient (Wildman–Crippen LogP) is 13.5. The van der Waals surface area contributed by atoms with Gasteiger partial charge in [-0.15, -0.1) is 0 Å². The van der Waals surface area contributed by atoms with Crippen molar-refractivity contribution in [3.8, 4) is 0 Å². The summed E-state index contributed by atoms with van der Waals surface area (Å²) < 4.78 is 67.1. The number of benzene rings is 1. The highest BCUT2D eigenvalue weighted by Gasteiger charge is 2.35. The van der Waals surface area contributed by atoms with E-state index in [2.05, 4.69) is 31.2 Å². The first-order valence-electron chi connectivity index (χ1n) is 18.6. The van der Waals surface area contributed by atoms with Crippen LogP contribution in [0.25, 0.3) is 0 Å². The molecule has 1 aromatic rings. The van der Waals surface area contributed by atoms with E-state index < -0.39 is 17.9 Å². The van der Waals surface area contributed by atoms with E-state index in [9.17, 15) is 17.6 Å². The summed E-state index contributed by atoms with van der Waals surface area (Å²) in [6.45, 7) is 2.29. The summed E-state index contributed by atoms with van der Waals surface area (Å²) in [5.74, 6) is 2.44. The van der Waals surface area contributed by atoms with Crippen molar-refractivity contribution in [1.82, 2.24) is 0 Å². The lowest BCUT2D eigenvalue weighted by Gasteiger charge is -2.38. The fourth-order valence-corrected chi connectivity index (χ4v) is 9.48. The molecule has 252 valence electrons. The Morgan fingerprint density at radius 2 is 1.27 bits per heavy atom. The van der Waals surface area contributed by atoms with Gasteiger partial charge in [-0.05, 0) is 161 Å². The molecule has 0 aliphatic heterocycles. The molecule has 4 fully saturated rings. The zero-order chi connectivity index (χ0) is 31.8. The van der Waals surface area contributed by atoms with Crippen LogP contribution < -0.4 is 0 Å². The Kier molecular flexibility index (Phi) is 12.7. The normalized spacial score (nSPS) is 33.9. The molecule has 5 heteroatoms. The van der Waals surface area contributed by atoms with Crippen molar-refractivity contribution >= 4 is 0 Å². The maximum atomic E-state index is 15.5. The molecule has 45 heavy (non-hydrogen) atoms. The van der Waals surface area contributed by atoms with Gasteiger partial charge in [0.25, 0.3) is 0 Å². The number of allylic oxidation sites excluding steroid dienone is 4. The Morgan fingerprint density at radius 3 is 1.82 bits per heavy atom. The molecule has 0 nitrogen and oxygen atoms in total. The molecule has 0 saturated heterocycles. The molecule has 0 radical (unpaired) electrons. The fourth-order valence-electron chi connectivity index (χ4n) is 9.48. The summed E-state index contributed by atoms with van der Waals surface area (Å²) in [5, 5.41) is 0. The van der Waals surface area contributed by atoms with Crippen LogP contribution in [-0.2, 0) is 0 Å². The molecule has 4 aliphatic rings. The summed E-state index contributed by atoms with van der Waals surface area (Å²) in [7, 11) is 0. The second-order valence-corrected chi connectivity index (χ2v) is 15.3. The Labute approximate surface area is 269 Å². The lowest BCUT2D eigenvalue weighted by molar-refractivity contribution is -0.0821. The molecule has 0 spiro atoms. The molecule has 0 unspecified atom stereocenters. The van der Waals surface area contributed by atoms with Crippen LogP contribution in [0.5, 0.6) is 0 Å². The van der Waals surface area contributed by atoms with Crippen LogP contribution in [0, 0.1) is 41.3 Å². The molecule has 5 rings (SSSR count). The molecule has 4 aliphatic carbocycles. The molecule has 0 atom stereocenters. The quantitative estimate of drug-likeness (QED) is 0.137. The van der Waals surface area contributed by atoms with Gasteiger partial charge in [-0.3, -0.25) is 0 Å². The van der Waals surface area contributed by atoms with Gasteiger partial charge in [-0.1, -0.05) is 56.9 Å². The highest BCUT2D eigenvalue weighted by Crippen LogP contribution is 2.46. The van der Waals surface area contributed by atoms with E-state index in [1.807, 2.05) is 6.07 Å². The summed E-state index contributed by atoms with van der Waals surface area (Å²) in [5.41, 5.74) is 2.02. The van der Waals surface area contributed by atoms with Gasteiger partial charge in [0.1, 0.15) is 11.6 Å². The van der Waals surface area contributed by atoms with Crippen molar-refractivity contribution in [1.29, 1.82) is 0 Å². The van der Waals surface area contributed by atoms with E-state index in [-0.39, 0.29) is 17.8 Å². The van der Waals surface area contributed by atoms with E-state index in [0.717, 1.165) is 74.3 Å². The van der Waals surface area contributed by atoms with E-state index in [4.69, 9.17) is 0 Å². The van der Waals surface area contributed by atoms with Gasteiger partial charge < -0.3 is 0 Å². The average molecular weight is 633 g/mol. The maximum absolute atomic E-state index is 15.5. The Balaban J connectivity index is 1.02. The third kappa shape index (κ3) is 10.2. The SMILES string of the molecule is CCCCCC1CCC(/C=C/C2CCC(c3ccc(C4CCC(C5CCC(/C(F)=C/C(F)(F)F)CC5)CC4)c(F)c3)CC2)CC1. The second-order valence-electron chi connectivity index (χ2n) is 15.3. The first kappa shape index (κ1) is 34.7. The van der Waals surface area contributed by atoms with Gasteiger partial charge in [-0.2, -0.15) is 13.2 Å². The van der Waals surface area contributed by atoms with Crippen molar-refractivity contribution in [2.75, 3.05) is 0 Å². The number of halogens is 5. The standard InChI is InChI=1S/C40H57F5/c1-2-3-4-5-28-6-8-29(9-7-28)10-11-30-12-14-33(15-13-30)36-24-25-37(38(41)26-36)34-20-16-31(17-21-34)32-18-22-35(23-19-32)39(42)27-40(43,44)45/h10-11,24-35H,2-9,12-23H2,1H3/b11-10+,39-27-. The van der Waals surface area contributed by atoms with Crippen LogP contribution in [0.15, 0.2) is 42.3 Å². The maximum Gasteiger partial charge on any atom is 0.412 e. The van der Waals surface area contributed by atoms with Gasteiger partial charge in [0, 0.05) is 5.92 Å². The molecule has 0 amide bonds. The second kappa shape index (κ2) is 16.4. The van der Waals surface area contributed by atoms with Crippen molar-refractivity contribution in [2.24, 2.45) is 35.5 Å². The molecule has 0 N–H and O–H groups in total. The third-order valence-corrected chi connectivity index (χ3v) is 12.4. The van der Waals surface area contributed by atoms with Crippen molar-refractivity contribution < 1.29 is 22.0 Å². The van der Waals surface area contributed by atoms with Gasteiger partial charge >= 0.3 is 6.18 Å². The topological polar surface area (TPSA) is 0 Å². The molecule has 0 bridgehead atoms. The fraction of sp³-hybridized carbons (Fsp3) is 0.750.